The molecule has 3 aliphatic rings. The number of fused-ring (bicyclic) bond motifs is 3. The molecule has 5 atom stereocenters. The zero-order valence-electron chi connectivity index (χ0n) is 13.9. The SMILES string of the molecule is CC1CC2C(=NCC3=NC(Cc4ccco4)C(=O)N32)C(C)C1C. The number of hydrogen-bond donors (Lipinski definition) is 0. The van der Waals surface area contributed by atoms with Crippen molar-refractivity contribution in [2.45, 2.75) is 45.7 Å². The molecule has 1 fully saturated rings. The Labute approximate surface area is 136 Å². The van der Waals surface area contributed by atoms with Gasteiger partial charge in [-0.25, -0.2) is 0 Å². The Kier molecular flexibility index (Phi) is 3.39. The third-order valence-electron chi connectivity index (χ3n) is 5.88. The summed E-state index contributed by atoms with van der Waals surface area (Å²) in [7, 11) is 0. The van der Waals surface area contributed by atoms with Gasteiger partial charge >= 0.3 is 0 Å². The Morgan fingerprint density at radius 1 is 1.35 bits per heavy atom. The number of carbonyl (C=O) groups is 1. The van der Waals surface area contributed by atoms with Crippen LogP contribution in [0.25, 0.3) is 0 Å². The topological polar surface area (TPSA) is 58.2 Å². The number of nitrogens with zero attached hydrogens (tertiary/aromatic N) is 3. The van der Waals surface area contributed by atoms with Gasteiger partial charge in [0.05, 0.1) is 18.8 Å². The Hall–Kier alpha value is -1.91. The molecule has 1 aliphatic carbocycles. The molecule has 0 N–H and O–H groups in total. The molecule has 3 heterocycles. The second-order valence-electron chi connectivity index (χ2n) is 7.17. The van der Waals surface area contributed by atoms with Crippen LogP contribution in [0.2, 0.25) is 0 Å². The lowest BCUT2D eigenvalue weighted by atomic mass is 9.70. The van der Waals surface area contributed by atoms with Crippen LogP contribution >= 0.6 is 0 Å². The summed E-state index contributed by atoms with van der Waals surface area (Å²) in [6.07, 6.45) is 3.17. The van der Waals surface area contributed by atoms with Gasteiger partial charge in [-0.3, -0.25) is 19.7 Å². The molecule has 0 saturated heterocycles. The van der Waals surface area contributed by atoms with E-state index in [4.69, 9.17) is 9.41 Å². The van der Waals surface area contributed by atoms with E-state index in [1.54, 1.807) is 6.26 Å². The molecule has 1 aromatic heterocycles. The third kappa shape index (κ3) is 2.25. The molecule has 0 radical (unpaired) electrons. The maximum atomic E-state index is 12.9. The number of amidine groups is 1. The highest BCUT2D eigenvalue weighted by atomic mass is 16.3. The molecule has 2 aliphatic heterocycles. The molecule has 1 saturated carbocycles. The van der Waals surface area contributed by atoms with Gasteiger partial charge in [0.25, 0.3) is 5.91 Å². The van der Waals surface area contributed by atoms with Crippen molar-refractivity contribution in [3.63, 3.8) is 0 Å². The summed E-state index contributed by atoms with van der Waals surface area (Å²) >= 11 is 0. The highest BCUT2D eigenvalue weighted by Crippen LogP contribution is 2.38. The minimum absolute atomic E-state index is 0.109. The minimum Gasteiger partial charge on any atom is -0.469 e. The lowest BCUT2D eigenvalue weighted by molar-refractivity contribution is -0.128. The average molecular weight is 313 g/mol. The van der Waals surface area contributed by atoms with E-state index in [0.717, 1.165) is 18.0 Å². The predicted octanol–water partition coefficient (Wildman–Crippen LogP) is 2.57. The maximum absolute atomic E-state index is 12.9. The van der Waals surface area contributed by atoms with Crippen LogP contribution < -0.4 is 0 Å². The molecular formula is C18H23N3O2. The molecule has 5 heteroatoms. The first-order valence-electron chi connectivity index (χ1n) is 8.52. The van der Waals surface area contributed by atoms with Crippen molar-refractivity contribution in [3.8, 4) is 0 Å². The molecule has 23 heavy (non-hydrogen) atoms. The first-order chi connectivity index (χ1) is 11.1. The summed E-state index contributed by atoms with van der Waals surface area (Å²) in [5.41, 5.74) is 1.20. The largest absolute Gasteiger partial charge is 0.469 e. The molecule has 0 bridgehead atoms. The lowest BCUT2D eigenvalue weighted by Gasteiger charge is -2.44. The summed E-state index contributed by atoms with van der Waals surface area (Å²) in [4.78, 5) is 24.3. The Morgan fingerprint density at radius 3 is 2.91 bits per heavy atom. The van der Waals surface area contributed by atoms with Crippen molar-refractivity contribution in [1.82, 2.24) is 4.90 Å². The van der Waals surface area contributed by atoms with E-state index >= 15 is 0 Å². The Balaban J connectivity index is 1.60. The normalized spacial score (nSPS) is 36.4. The lowest BCUT2D eigenvalue weighted by Crippen LogP contribution is -2.56. The van der Waals surface area contributed by atoms with E-state index in [1.165, 1.54) is 5.71 Å². The zero-order valence-corrected chi connectivity index (χ0v) is 13.9. The molecule has 1 amide bonds. The number of furan rings is 1. The van der Waals surface area contributed by atoms with Crippen molar-refractivity contribution in [3.05, 3.63) is 24.2 Å². The van der Waals surface area contributed by atoms with E-state index in [0.29, 0.717) is 30.7 Å². The fourth-order valence-electron chi connectivity index (χ4n) is 4.19. The van der Waals surface area contributed by atoms with Gasteiger partial charge < -0.3 is 4.42 Å². The van der Waals surface area contributed by atoms with E-state index < -0.39 is 0 Å². The number of amides is 1. The minimum atomic E-state index is -0.351. The van der Waals surface area contributed by atoms with Gasteiger partial charge in [0, 0.05) is 12.1 Å². The highest BCUT2D eigenvalue weighted by molar-refractivity contribution is 6.13. The van der Waals surface area contributed by atoms with Crippen LogP contribution in [0, 0.1) is 17.8 Å². The van der Waals surface area contributed by atoms with E-state index in [-0.39, 0.29) is 18.0 Å². The van der Waals surface area contributed by atoms with E-state index in [1.807, 2.05) is 17.0 Å². The molecule has 0 aromatic carbocycles. The highest BCUT2D eigenvalue weighted by Gasteiger charge is 2.47. The van der Waals surface area contributed by atoms with Gasteiger partial charge in [-0.1, -0.05) is 20.8 Å². The first-order valence-corrected chi connectivity index (χ1v) is 8.52. The molecule has 4 rings (SSSR count). The smallest absolute Gasteiger partial charge is 0.253 e. The quantitative estimate of drug-likeness (QED) is 0.842. The molecule has 5 unspecified atom stereocenters. The number of carbonyl (C=O) groups excluding carboxylic acids is 1. The second kappa shape index (κ2) is 5.32. The van der Waals surface area contributed by atoms with Crippen molar-refractivity contribution < 1.29 is 9.21 Å². The van der Waals surface area contributed by atoms with Crippen LogP contribution in [0.5, 0.6) is 0 Å². The van der Waals surface area contributed by atoms with Crippen LogP contribution in [0.1, 0.15) is 33.0 Å². The van der Waals surface area contributed by atoms with Crippen molar-refractivity contribution in [1.29, 1.82) is 0 Å². The summed E-state index contributed by atoms with van der Waals surface area (Å²) in [6.45, 7) is 7.36. The van der Waals surface area contributed by atoms with Crippen LogP contribution in [-0.4, -0.2) is 41.0 Å². The zero-order chi connectivity index (χ0) is 16.1. The molecule has 1 aromatic rings. The van der Waals surface area contributed by atoms with E-state index in [9.17, 15) is 4.79 Å². The number of aliphatic imine (C=N–C) groups is 2. The van der Waals surface area contributed by atoms with Gasteiger partial charge in [0.1, 0.15) is 17.6 Å². The summed E-state index contributed by atoms with van der Waals surface area (Å²) < 4.78 is 5.38. The van der Waals surface area contributed by atoms with Gasteiger partial charge in [0.15, 0.2) is 0 Å². The van der Waals surface area contributed by atoms with Crippen molar-refractivity contribution in [2.24, 2.45) is 27.7 Å². The summed E-state index contributed by atoms with van der Waals surface area (Å²) in [6, 6.07) is 3.51. The van der Waals surface area contributed by atoms with Crippen LogP contribution in [0.15, 0.2) is 32.8 Å². The maximum Gasteiger partial charge on any atom is 0.253 e. The van der Waals surface area contributed by atoms with Gasteiger partial charge in [-0.05, 0) is 36.3 Å². The Bertz CT molecular complexity index is 676. The summed E-state index contributed by atoms with van der Waals surface area (Å²) in [5.74, 6) is 3.40. The fraction of sp³-hybridized carbons (Fsp3) is 0.611. The average Bonchev–Trinajstić information content (AvgIpc) is 3.14. The monoisotopic (exact) mass is 313 g/mol. The molecular weight excluding hydrogens is 290 g/mol. The van der Waals surface area contributed by atoms with Gasteiger partial charge in [-0.15, -0.1) is 0 Å². The van der Waals surface area contributed by atoms with Crippen LogP contribution in [0.3, 0.4) is 0 Å². The Morgan fingerprint density at radius 2 is 2.17 bits per heavy atom. The van der Waals surface area contributed by atoms with Crippen LogP contribution in [-0.2, 0) is 11.2 Å². The molecule has 122 valence electrons. The van der Waals surface area contributed by atoms with E-state index in [2.05, 4.69) is 25.8 Å². The standard InChI is InChI=1S/C18H23N3O2/c1-10-7-15-17(12(3)11(10)2)19-9-16-20-14(18(22)21(15)16)8-13-5-4-6-23-13/h4-6,10-12,14-15H,7-9H2,1-3H3. The number of hydrogen-bond acceptors (Lipinski definition) is 4. The fourth-order valence-corrected chi connectivity index (χ4v) is 4.19. The van der Waals surface area contributed by atoms with Crippen molar-refractivity contribution in [2.75, 3.05) is 6.54 Å². The molecule has 0 spiro atoms. The molecule has 5 nitrogen and oxygen atoms in total. The summed E-state index contributed by atoms with van der Waals surface area (Å²) in [5, 5.41) is 0. The second-order valence-corrected chi connectivity index (χ2v) is 7.17. The predicted molar refractivity (Wildman–Crippen MR) is 88.7 cm³/mol. The van der Waals surface area contributed by atoms with Gasteiger partial charge in [-0.2, -0.15) is 0 Å². The third-order valence-corrected chi connectivity index (χ3v) is 5.88. The van der Waals surface area contributed by atoms with Gasteiger partial charge in [0.2, 0.25) is 0 Å². The van der Waals surface area contributed by atoms with Crippen molar-refractivity contribution >= 4 is 17.5 Å². The van der Waals surface area contributed by atoms with Crippen LogP contribution in [0.4, 0.5) is 0 Å². The number of rotatable bonds is 2. The first kappa shape index (κ1) is 14.7.